The molecule has 3 aliphatic rings. The summed E-state index contributed by atoms with van der Waals surface area (Å²) >= 11 is 0. The van der Waals surface area contributed by atoms with E-state index < -0.39 is 18.1 Å². The Morgan fingerprint density at radius 1 is 0.886 bits per heavy atom. The van der Waals surface area contributed by atoms with Gasteiger partial charge in [-0.1, -0.05) is 66.4 Å². The number of benzene rings is 4. The van der Waals surface area contributed by atoms with Crippen LogP contribution in [0.2, 0.25) is 0 Å². The van der Waals surface area contributed by atoms with Crippen LogP contribution in [0.3, 0.4) is 0 Å². The van der Waals surface area contributed by atoms with E-state index in [2.05, 4.69) is 28.9 Å². The third-order valence-corrected chi connectivity index (χ3v) is 8.42. The first-order valence-electron chi connectivity index (χ1n) is 14.5. The van der Waals surface area contributed by atoms with E-state index in [1.807, 2.05) is 66.7 Å². The molecule has 0 aliphatic carbocycles. The summed E-state index contributed by atoms with van der Waals surface area (Å²) in [5.74, 6) is 9.05. The highest BCUT2D eigenvalue weighted by molar-refractivity contribution is 5.98. The smallest absolute Gasteiger partial charge is 0.343 e. The third-order valence-electron chi connectivity index (χ3n) is 8.42. The Hall–Kier alpha value is -5.13. The first kappa shape index (κ1) is 27.7. The van der Waals surface area contributed by atoms with Gasteiger partial charge in [0.15, 0.2) is 23.0 Å². The first-order chi connectivity index (χ1) is 21.6. The molecule has 3 atom stereocenters. The van der Waals surface area contributed by atoms with E-state index in [0.29, 0.717) is 52.8 Å². The number of methoxy groups -OCH3 is 3. The van der Waals surface area contributed by atoms with Gasteiger partial charge in [0.05, 0.1) is 33.4 Å². The van der Waals surface area contributed by atoms with E-state index in [4.69, 9.17) is 28.4 Å². The molecule has 44 heavy (non-hydrogen) atoms. The standard InChI is InChI=1S/C36H31NO7/c1-39-27-17-15-25-30(33(27)40-2)36(38)44-32(25)31-29-24(20-28-34(35(29)41-3)43-21-42-28)18-19-37(31)26(23-12-8-5-9-13-23)16-14-22-10-6-4-7-11-22/h4-13,15,17,20,26,31-32H,18-19,21H2,1-3H3/t26?,31-,32+/m0/s1. The number of hydrogen-bond donors (Lipinski definition) is 0. The van der Waals surface area contributed by atoms with Crippen LogP contribution in [0.15, 0.2) is 78.9 Å². The fourth-order valence-corrected chi connectivity index (χ4v) is 6.51. The predicted molar refractivity (Wildman–Crippen MR) is 162 cm³/mol. The van der Waals surface area contributed by atoms with E-state index in [1.165, 1.54) is 7.11 Å². The van der Waals surface area contributed by atoms with Gasteiger partial charge in [-0.05, 0) is 41.8 Å². The Morgan fingerprint density at radius 3 is 2.36 bits per heavy atom. The number of ether oxygens (including phenoxy) is 6. The lowest BCUT2D eigenvalue weighted by molar-refractivity contribution is -0.00369. The van der Waals surface area contributed by atoms with E-state index in [1.54, 1.807) is 14.2 Å². The highest BCUT2D eigenvalue weighted by atomic mass is 16.7. The molecule has 8 heteroatoms. The van der Waals surface area contributed by atoms with Crippen molar-refractivity contribution in [2.45, 2.75) is 24.6 Å². The second-order valence-electron chi connectivity index (χ2n) is 10.7. The average molecular weight is 590 g/mol. The van der Waals surface area contributed by atoms with Crippen molar-refractivity contribution in [2.24, 2.45) is 0 Å². The summed E-state index contributed by atoms with van der Waals surface area (Å²) in [5.41, 5.74) is 4.93. The van der Waals surface area contributed by atoms with Gasteiger partial charge in [0.1, 0.15) is 11.7 Å². The Balaban J connectivity index is 1.45. The van der Waals surface area contributed by atoms with Crippen molar-refractivity contribution in [1.29, 1.82) is 0 Å². The fraction of sp³-hybridized carbons (Fsp3) is 0.250. The molecule has 0 fully saturated rings. The van der Waals surface area contributed by atoms with Crippen LogP contribution in [0, 0.1) is 11.8 Å². The molecule has 4 aromatic carbocycles. The molecular formula is C36H31NO7. The van der Waals surface area contributed by atoms with Gasteiger partial charge in [-0.15, -0.1) is 0 Å². The summed E-state index contributed by atoms with van der Waals surface area (Å²) in [6.07, 6.45) is 0.00428. The summed E-state index contributed by atoms with van der Waals surface area (Å²) < 4.78 is 35.2. The Labute approximate surface area is 256 Å². The maximum atomic E-state index is 13.6. The molecule has 8 nitrogen and oxygen atoms in total. The van der Waals surface area contributed by atoms with Gasteiger partial charge in [-0.2, -0.15) is 0 Å². The zero-order chi connectivity index (χ0) is 30.2. The number of rotatable bonds is 6. The number of hydrogen-bond acceptors (Lipinski definition) is 8. The van der Waals surface area contributed by atoms with Crippen LogP contribution in [0.25, 0.3) is 0 Å². The minimum atomic E-state index is -0.699. The number of cyclic esters (lactones) is 1. The molecule has 222 valence electrons. The van der Waals surface area contributed by atoms with Gasteiger partial charge < -0.3 is 28.4 Å². The molecule has 0 amide bonds. The van der Waals surface area contributed by atoms with Crippen molar-refractivity contribution in [2.75, 3.05) is 34.7 Å². The number of esters is 1. The van der Waals surface area contributed by atoms with Crippen molar-refractivity contribution in [3.05, 3.63) is 112 Å². The molecule has 3 aliphatic heterocycles. The van der Waals surface area contributed by atoms with Gasteiger partial charge in [0.25, 0.3) is 0 Å². The van der Waals surface area contributed by atoms with E-state index in [9.17, 15) is 4.79 Å². The van der Waals surface area contributed by atoms with E-state index >= 15 is 0 Å². The molecule has 0 saturated heterocycles. The van der Waals surface area contributed by atoms with Crippen LogP contribution in [0.4, 0.5) is 0 Å². The molecule has 1 unspecified atom stereocenters. The Bertz CT molecular complexity index is 1780. The zero-order valence-electron chi connectivity index (χ0n) is 24.7. The van der Waals surface area contributed by atoms with Crippen LogP contribution in [0.5, 0.6) is 28.7 Å². The monoisotopic (exact) mass is 589 g/mol. The second kappa shape index (κ2) is 11.5. The molecule has 0 N–H and O–H groups in total. The lowest BCUT2D eigenvalue weighted by Gasteiger charge is -2.43. The van der Waals surface area contributed by atoms with Gasteiger partial charge >= 0.3 is 5.97 Å². The van der Waals surface area contributed by atoms with Gasteiger partial charge in [-0.3, -0.25) is 4.90 Å². The normalized spacial score (nSPS) is 18.8. The maximum Gasteiger partial charge on any atom is 0.343 e. The lowest BCUT2D eigenvalue weighted by atomic mass is 9.83. The summed E-state index contributed by atoms with van der Waals surface area (Å²) in [4.78, 5) is 15.9. The minimum Gasteiger partial charge on any atom is -0.493 e. The minimum absolute atomic E-state index is 0.108. The summed E-state index contributed by atoms with van der Waals surface area (Å²) in [7, 11) is 4.69. The number of carbonyl (C=O) groups is 1. The summed E-state index contributed by atoms with van der Waals surface area (Å²) in [5, 5.41) is 0. The highest BCUT2D eigenvalue weighted by Crippen LogP contribution is 2.56. The summed E-state index contributed by atoms with van der Waals surface area (Å²) in [6.45, 7) is 0.747. The van der Waals surface area contributed by atoms with E-state index in [0.717, 1.165) is 22.3 Å². The van der Waals surface area contributed by atoms with Gasteiger partial charge in [0, 0.05) is 23.2 Å². The molecule has 4 aromatic rings. The van der Waals surface area contributed by atoms with Crippen LogP contribution >= 0.6 is 0 Å². The van der Waals surface area contributed by atoms with Gasteiger partial charge in [0.2, 0.25) is 12.5 Å². The first-order valence-corrected chi connectivity index (χ1v) is 14.5. The molecule has 0 aromatic heterocycles. The third kappa shape index (κ3) is 4.57. The molecule has 0 saturated carbocycles. The molecule has 7 rings (SSSR count). The van der Waals surface area contributed by atoms with Crippen molar-refractivity contribution >= 4 is 5.97 Å². The van der Waals surface area contributed by atoms with Crippen molar-refractivity contribution < 1.29 is 33.2 Å². The zero-order valence-corrected chi connectivity index (χ0v) is 24.7. The van der Waals surface area contributed by atoms with E-state index in [-0.39, 0.29) is 12.8 Å². The fourth-order valence-electron chi connectivity index (χ4n) is 6.51. The number of fused-ring (bicyclic) bond motifs is 3. The predicted octanol–water partition coefficient (Wildman–Crippen LogP) is 6.05. The molecule has 3 heterocycles. The van der Waals surface area contributed by atoms with Crippen LogP contribution in [-0.2, 0) is 11.2 Å². The Morgan fingerprint density at radius 2 is 1.64 bits per heavy atom. The average Bonchev–Trinajstić information content (AvgIpc) is 3.68. The molecule has 0 spiro atoms. The molecule has 0 radical (unpaired) electrons. The van der Waals surface area contributed by atoms with Crippen LogP contribution < -0.4 is 23.7 Å². The van der Waals surface area contributed by atoms with Crippen LogP contribution in [-0.4, -0.2) is 45.5 Å². The largest absolute Gasteiger partial charge is 0.493 e. The SMILES string of the molecule is COc1ccc2c(c1OC)C(=O)O[C@H]2[C@@H]1c2c(cc3c(c2OC)OCO3)CCN1C(C#Cc1ccccc1)c1ccccc1. The quantitative estimate of drug-likeness (QED) is 0.199. The topological polar surface area (TPSA) is 75.7 Å². The summed E-state index contributed by atoms with van der Waals surface area (Å²) in [6, 6.07) is 25.0. The lowest BCUT2D eigenvalue weighted by Crippen LogP contribution is -2.41. The maximum absolute atomic E-state index is 13.6. The highest BCUT2D eigenvalue weighted by Gasteiger charge is 2.48. The molecular weight excluding hydrogens is 558 g/mol. The number of carbonyl (C=O) groups excluding carboxylic acids is 1. The van der Waals surface area contributed by atoms with Crippen molar-refractivity contribution in [3.8, 4) is 40.6 Å². The van der Waals surface area contributed by atoms with Crippen molar-refractivity contribution in [1.82, 2.24) is 4.90 Å². The van der Waals surface area contributed by atoms with Crippen molar-refractivity contribution in [3.63, 3.8) is 0 Å². The van der Waals surface area contributed by atoms with Crippen LogP contribution in [0.1, 0.15) is 56.4 Å². The number of nitrogens with zero attached hydrogens (tertiary/aromatic N) is 1. The van der Waals surface area contributed by atoms with Gasteiger partial charge in [-0.25, -0.2) is 4.79 Å². The molecule has 0 bridgehead atoms. The Kier molecular flexibility index (Phi) is 7.24. The second-order valence-corrected chi connectivity index (χ2v) is 10.7.